The topological polar surface area (TPSA) is 87.0 Å². The van der Waals surface area contributed by atoms with Crippen LogP contribution in [-0.4, -0.2) is 33.5 Å². The zero-order valence-corrected chi connectivity index (χ0v) is 18.7. The van der Waals surface area contributed by atoms with Gasteiger partial charge in [-0.15, -0.1) is 0 Å². The molecule has 0 saturated heterocycles. The molecular weight excluding hydrogens is 380 g/mol. The van der Waals surface area contributed by atoms with Gasteiger partial charge in [0.15, 0.2) is 0 Å². The van der Waals surface area contributed by atoms with E-state index in [1.54, 1.807) is 12.1 Å². The highest BCUT2D eigenvalue weighted by atomic mass is 16.5. The number of aliphatic hydroxyl groups is 1. The largest absolute Gasteiger partial charge is 0.508 e. The molecule has 1 aromatic rings. The molecule has 5 nitrogen and oxygen atoms in total. The molecule has 0 unspecified atom stereocenters. The summed E-state index contributed by atoms with van der Waals surface area (Å²) in [5.74, 6) is -0.124. The van der Waals surface area contributed by atoms with Gasteiger partial charge in [-0.1, -0.05) is 45.6 Å². The van der Waals surface area contributed by atoms with Crippen LogP contribution in [0.3, 0.4) is 0 Å². The molecule has 1 aliphatic heterocycles. The number of phenols is 1. The number of allylic oxidation sites excluding steroid dienone is 1. The van der Waals surface area contributed by atoms with Gasteiger partial charge in [0.05, 0.1) is 6.61 Å². The van der Waals surface area contributed by atoms with Gasteiger partial charge in [0.1, 0.15) is 17.1 Å². The lowest BCUT2D eigenvalue weighted by molar-refractivity contribution is -0.133. The highest BCUT2D eigenvalue weighted by molar-refractivity contribution is 5.87. The Bertz CT molecular complexity index is 825. The SMILES string of the molecule is CCCCCC[C@](C)(CO)c1cc(O)c2c(c1)OC(C)(C)[C@@H]1CC=C(C(=O)O)C[C@@H]21. The van der Waals surface area contributed by atoms with Crippen molar-refractivity contribution < 1.29 is 24.9 Å². The molecule has 0 saturated carbocycles. The van der Waals surface area contributed by atoms with Crippen LogP contribution < -0.4 is 4.74 Å². The van der Waals surface area contributed by atoms with E-state index in [0.29, 0.717) is 29.7 Å². The lowest BCUT2D eigenvalue weighted by atomic mass is 9.66. The summed E-state index contributed by atoms with van der Waals surface area (Å²) in [7, 11) is 0. The number of hydrogen-bond donors (Lipinski definition) is 3. The molecule has 1 heterocycles. The number of aromatic hydroxyl groups is 1. The van der Waals surface area contributed by atoms with E-state index >= 15 is 0 Å². The van der Waals surface area contributed by atoms with Gasteiger partial charge in [0.2, 0.25) is 0 Å². The summed E-state index contributed by atoms with van der Waals surface area (Å²) in [6, 6.07) is 3.72. The number of hydrogen-bond acceptors (Lipinski definition) is 4. The molecule has 166 valence electrons. The third-order valence-corrected chi connectivity index (χ3v) is 7.20. The Kier molecular flexibility index (Phi) is 6.51. The van der Waals surface area contributed by atoms with E-state index in [2.05, 4.69) is 6.92 Å². The lowest BCUT2D eigenvalue weighted by Gasteiger charge is -2.47. The Balaban J connectivity index is 1.98. The van der Waals surface area contributed by atoms with Crippen molar-refractivity contribution in [3.05, 3.63) is 34.9 Å². The maximum Gasteiger partial charge on any atom is 0.331 e. The van der Waals surface area contributed by atoms with Crippen molar-refractivity contribution in [2.45, 2.75) is 89.6 Å². The maximum atomic E-state index is 11.6. The smallest absolute Gasteiger partial charge is 0.331 e. The molecule has 1 aromatic carbocycles. The fourth-order valence-corrected chi connectivity index (χ4v) is 5.18. The monoisotopic (exact) mass is 416 g/mol. The van der Waals surface area contributed by atoms with E-state index in [0.717, 1.165) is 31.2 Å². The Hall–Kier alpha value is -2.01. The van der Waals surface area contributed by atoms with E-state index < -0.39 is 17.0 Å². The molecule has 3 atom stereocenters. The molecule has 0 radical (unpaired) electrons. The van der Waals surface area contributed by atoms with Gasteiger partial charge in [0.25, 0.3) is 0 Å². The predicted molar refractivity (Wildman–Crippen MR) is 117 cm³/mol. The summed E-state index contributed by atoms with van der Waals surface area (Å²) < 4.78 is 6.37. The molecule has 0 aromatic heterocycles. The number of carboxylic acids is 1. The van der Waals surface area contributed by atoms with Crippen LogP contribution in [-0.2, 0) is 10.2 Å². The Morgan fingerprint density at radius 1 is 1.27 bits per heavy atom. The number of carboxylic acid groups (broad SMARTS) is 1. The Morgan fingerprint density at radius 2 is 2.00 bits per heavy atom. The second-order valence-corrected chi connectivity index (χ2v) is 9.83. The number of phenolic OH excluding ortho intramolecular Hbond substituents is 1. The van der Waals surface area contributed by atoms with E-state index in [1.165, 1.54) is 6.42 Å². The zero-order valence-electron chi connectivity index (χ0n) is 18.7. The van der Waals surface area contributed by atoms with Gasteiger partial charge in [-0.3, -0.25) is 0 Å². The molecule has 30 heavy (non-hydrogen) atoms. The third-order valence-electron chi connectivity index (χ3n) is 7.20. The second kappa shape index (κ2) is 8.62. The zero-order chi connectivity index (χ0) is 22.1. The quantitative estimate of drug-likeness (QED) is 0.501. The van der Waals surface area contributed by atoms with Gasteiger partial charge in [-0.2, -0.15) is 0 Å². The van der Waals surface area contributed by atoms with E-state index in [9.17, 15) is 20.1 Å². The van der Waals surface area contributed by atoms with Crippen molar-refractivity contribution >= 4 is 5.97 Å². The molecule has 5 heteroatoms. The summed E-state index contributed by atoms with van der Waals surface area (Å²) in [5.41, 5.74) is 1.06. The first-order valence-electron chi connectivity index (χ1n) is 11.2. The summed E-state index contributed by atoms with van der Waals surface area (Å²) >= 11 is 0. The minimum Gasteiger partial charge on any atom is -0.508 e. The normalized spacial score (nSPS) is 24.1. The standard InChI is InChI=1S/C25H36O5/c1-5-6-7-8-11-25(4,15-26)17-13-20(27)22-18-12-16(23(28)29)9-10-19(18)24(2,3)30-21(22)14-17/h9,13-14,18-19,26-27H,5-8,10-12,15H2,1-4H3,(H,28,29)/t18-,19-,25-/m1/s1. The van der Waals surface area contributed by atoms with Crippen molar-refractivity contribution in [3.8, 4) is 11.5 Å². The number of ether oxygens (including phenoxy) is 1. The highest BCUT2D eigenvalue weighted by Crippen LogP contribution is 2.55. The number of benzene rings is 1. The summed E-state index contributed by atoms with van der Waals surface area (Å²) in [6.07, 6.45) is 8.12. The first-order valence-corrected chi connectivity index (χ1v) is 11.2. The van der Waals surface area contributed by atoms with Crippen LogP contribution in [0.15, 0.2) is 23.8 Å². The molecule has 3 rings (SSSR count). The highest BCUT2D eigenvalue weighted by Gasteiger charge is 2.47. The lowest BCUT2D eigenvalue weighted by Crippen LogP contribution is -2.46. The molecule has 0 bridgehead atoms. The van der Waals surface area contributed by atoms with Crippen molar-refractivity contribution in [1.82, 2.24) is 0 Å². The second-order valence-electron chi connectivity index (χ2n) is 9.83. The van der Waals surface area contributed by atoms with Gasteiger partial charge < -0.3 is 20.1 Å². The third kappa shape index (κ3) is 4.22. The van der Waals surface area contributed by atoms with Crippen molar-refractivity contribution in [2.24, 2.45) is 5.92 Å². The van der Waals surface area contributed by atoms with Crippen LogP contribution in [0, 0.1) is 5.92 Å². The number of carbonyl (C=O) groups is 1. The van der Waals surface area contributed by atoms with Crippen molar-refractivity contribution in [2.75, 3.05) is 6.61 Å². The van der Waals surface area contributed by atoms with Crippen LogP contribution in [0.4, 0.5) is 0 Å². The molecule has 2 aliphatic rings. The van der Waals surface area contributed by atoms with Crippen LogP contribution >= 0.6 is 0 Å². The average Bonchev–Trinajstić information content (AvgIpc) is 2.69. The molecule has 0 fully saturated rings. The Labute approximate surface area is 179 Å². The minimum atomic E-state index is -0.893. The van der Waals surface area contributed by atoms with Gasteiger partial charge in [0, 0.05) is 28.4 Å². The number of aliphatic hydroxyl groups excluding tert-OH is 1. The number of unbranched alkanes of at least 4 members (excludes halogenated alkanes) is 3. The molecule has 0 amide bonds. The average molecular weight is 417 g/mol. The van der Waals surface area contributed by atoms with Crippen LogP contribution in [0.2, 0.25) is 0 Å². The summed E-state index contributed by atoms with van der Waals surface area (Å²) in [4.78, 5) is 11.6. The van der Waals surface area contributed by atoms with Crippen molar-refractivity contribution in [1.29, 1.82) is 0 Å². The first kappa shape index (κ1) is 22.7. The minimum absolute atomic E-state index is 0.00129. The van der Waals surface area contributed by atoms with Gasteiger partial charge in [-0.05, 0) is 50.8 Å². The Morgan fingerprint density at radius 3 is 2.63 bits per heavy atom. The molecular formula is C25H36O5. The number of rotatable bonds is 8. The summed E-state index contributed by atoms with van der Waals surface area (Å²) in [6.45, 7) is 8.27. The van der Waals surface area contributed by atoms with E-state index in [1.807, 2.05) is 26.8 Å². The van der Waals surface area contributed by atoms with E-state index in [-0.39, 0.29) is 24.2 Å². The summed E-state index contributed by atoms with van der Waals surface area (Å²) in [5, 5.41) is 30.7. The number of fused-ring (bicyclic) bond motifs is 3. The van der Waals surface area contributed by atoms with Gasteiger partial charge in [-0.25, -0.2) is 4.79 Å². The maximum absolute atomic E-state index is 11.6. The van der Waals surface area contributed by atoms with E-state index in [4.69, 9.17) is 4.74 Å². The van der Waals surface area contributed by atoms with Crippen LogP contribution in [0.1, 0.15) is 89.7 Å². The molecule has 0 spiro atoms. The van der Waals surface area contributed by atoms with Crippen LogP contribution in [0.25, 0.3) is 0 Å². The predicted octanol–water partition coefficient (Wildman–Crippen LogP) is 5.29. The fraction of sp³-hybridized carbons (Fsp3) is 0.640. The van der Waals surface area contributed by atoms with Gasteiger partial charge >= 0.3 is 5.97 Å². The first-order chi connectivity index (χ1) is 14.1. The number of aliphatic carboxylic acids is 1. The molecule has 3 N–H and O–H groups in total. The fourth-order valence-electron chi connectivity index (χ4n) is 5.18. The van der Waals surface area contributed by atoms with Crippen molar-refractivity contribution in [3.63, 3.8) is 0 Å². The van der Waals surface area contributed by atoms with Crippen LogP contribution in [0.5, 0.6) is 11.5 Å². The molecule has 1 aliphatic carbocycles.